The Morgan fingerprint density at radius 3 is 2.72 bits per heavy atom. The molecule has 128 valence electrons. The largest absolute Gasteiger partial charge is 0.332 e. The molecule has 0 spiro atoms. The predicted molar refractivity (Wildman–Crippen MR) is 97.3 cm³/mol. The van der Waals surface area contributed by atoms with Crippen LogP contribution in [0.5, 0.6) is 0 Å². The molecule has 25 heavy (non-hydrogen) atoms. The smallest absolute Gasteiger partial charge is 0.288 e. The molecule has 0 aromatic heterocycles. The third kappa shape index (κ3) is 3.88. The van der Waals surface area contributed by atoms with Crippen molar-refractivity contribution in [2.24, 2.45) is 0 Å². The van der Waals surface area contributed by atoms with Crippen LogP contribution in [0.25, 0.3) is 6.08 Å². The summed E-state index contributed by atoms with van der Waals surface area (Å²) in [4.78, 5) is 24.8. The summed E-state index contributed by atoms with van der Waals surface area (Å²) < 4.78 is 0. The molecule has 1 saturated heterocycles. The molecule has 0 unspecified atom stereocenters. The van der Waals surface area contributed by atoms with Crippen LogP contribution in [0.4, 0.5) is 5.69 Å². The van der Waals surface area contributed by atoms with Crippen molar-refractivity contribution in [3.05, 3.63) is 80.9 Å². The van der Waals surface area contributed by atoms with Gasteiger partial charge in [-0.1, -0.05) is 48.0 Å². The summed E-state index contributed by atoms with van der Waals surface area (Å²) in [6, 6.07) is 14.5. The van der Waals surface area contributed by atoms with Crippen molar-refractivity contribution < 1.29 is 9.72 Å². The van der Waals surface area contributed by atoms with Crippen molar-refractivity contribution in [2.75, 3.05) is 6.54 Å². The predicted octanol–water partition coefficient (Wildman–Crippen LogP) is 4.63. The lowest BCUT2D eigenvalue weighted by molar-refractivity contribution is -0.384. The summed E-state index contributed by atoms with van der Waals surface area (Å²) in [5.41, 5.74) is 1.53. The Hall–Kier alpha value is -2.66. The lowest BCUT2D eigenvalue weighted by Crippen LogP contribution is -2.28. The molecule has 1 aliphatic heterocycles. The first-order valence-corrected chi connectivity index (χ1v) is 8.41. The molecule has 1 amide bonds. The zero-order chi connectivity index (χ0) is 17.8. The third-order valence-corrected chi connectivity index (χ3v) is 4.63. The highest BCUT2D eigenvalue weighted by Gasteiger charge is 2.28. The lowest BCUT2D eigenvalue weighted by Gasteiger charge is -2.23. The number of nitro groups is 1. The lowest BCUT2D eigenvalue weighted by atomic mass is 10.0. The van der Waals surface area contributed by atoms with Gasteiger partial charge in [0.15, 0.2) is 0 Å². The fraction of sp³-hybridized carbons (Fsp3) is 0.211. The quantitative estimate of drug-likeness (QED) is 0.456. The highest BCUT2D eigenvalue weighted by atomic mass is 35.5. The standard InChI is InChI=1S/C19H17ClN2O3/c20-16-10-8-14(13-18(16)22(24)25)9-11-19(23)21-12-4-7-17(21)15-5-2-1-3-6-15/h1-3,5-6,8-11,13,17H,4,7,12H2/b11-9+/t17-/m0/s1. The second-order valence-electron chi connectivity index (χ2n) is 5.90. The number of carbonyl (C=O) groups is 1. The van der Waals surface area contributed by atoms with Crippen molar-refractivity contribution >= 4 is 29.3 Å². The summed E-state index contributed by atoms with van der Waals surface area (Å²) in [5.74, 6) is -0.0936. The first kappa shape index (κ1) is 17.2. The molecule has 1 atom stereocenters. The Kier molecular flexibility index (Phi) is 5.14. The number of likely N-dealkylation sites (tertiary alicyclic amines) is 1. The summed E-state index contributed by atoms with van der Waals surface area (Å²) >= 11 is 5.80. The van der Waals surface area contributed by atoms with Gasteiger partial charge in [-0.05, 0) is 36.1 Å². The molecule has 1 heterocycles. The van der Waals surface area contributed by atoms with Gasteiger partial charge in [0.2, 0.25) is 5.91 Å². The van der Waals surface area contributed by atoms with E-state index in [4.69, 9.17) is 11.6 Å². The van der Waals surface area contributed by atoms with Crippen LogP contribution >= 0.6 is 11.6 Å². The Bertz CT molecular complexity index is 821. The SMILES string of the molecule is O=C(/C=C/c1ccc(Cl)c([N+](=O)[O-])c1)N1CCC[C@H]1c1ccccc1. The number of nitrogens with zero attached hydrogens (tertiary/aromatic N) is 2. The van der Waals surface area contributed by atoms with Gasteiger partial charge in [-0.15, -0.1) is 0 Å². The van der Waals surface area contributed by atoms with E-state index in [2.05, 4.69) is 0 Å². The Morgan fingerprint density at radius 1 is 1.24 bits per heavy atom. The molecule has 2 aromatic rings. The summed E-state index contributed by atoms with van der Waals surface area (Å²) in [6.07, 6.45) is 4.96. The molecule has 0 bridgehead atoms. The zero-order valence-electron chi connectivity index (χ0n) is 13.5. The minimum Gasteiger partial charge on any atom is -0.332 e. The second kappa shape index (κ2) is 7.49. The molecule has 0 aliphatic carbocycles. The van der Waals surface area contributed by atoms with Crippen molar-refractivity contribution in [3.8, 4) is 0 Å². The molecule has 1 aliphatic rings. The maximum absolute atomic E-state index is 12.6. The van der Waals surface area contributed by atoms with Gasteiger partial charge < -0.3 is 4.90 Å². The fourth-order valence-corrected chi connectivity index (χ4v) is 3.28. The highest BCUT2D eigenvalue weighted by molar-refractivity contribution is 6.32. The average Bonchev–Trinajstić information content (AvgIpc) is 3.11. The third-order valence-electron chi connectivity index (χ3n) is 4.31. The van der Waals surface area contributed by atoms with Gasteiger partial charge in [-0.2, -0.15) is 0 Å². The van der Waals surface area contributed by atoms with Gasteiger partial charge in [-0.25, -0.2) is 0 Å². The maximum Gasteiger partial charge on any atom is 0.288 e. The highest BCUT2D eigenvalue weighted by Crippen LogP contribution is 2.32. The zero-order valence-corrected chi connectivity index (χ0v) is 14.2. The number of carbonyl (C=O) groups excluding carboxylic acids is 1. The maximum atomic E-state index is 12.6. The number of amides is 1. The van der Waals surface area contributed by atoms with Gasteiger partial charge >= 0.3 is 0 Å². The van der Waals surface area contributed by atoms with Crippen LogP contribution in [-0.2, 0) is 4.79 Å². The van der Waals surface area contributed by atoms with Crippen molar-refractivity contribution in [1.82, 2.24) is 4.90 Å². The van der Waals surface area contributed by atoms with E-state index < -0.39 is 4.92 Å². The first-order valence-electron chi connectivity index (χ1n) is 8.04. The van der Waals surface area contributed by atoms with Crippen LogP contribution in [0.2, 0.25) is 5.02 Å². The van der Waals surface area contributed by atoms with E-state index in [1.165, 1.54) is 18.2 Å². The van der Waals surface area contributed by atoms with E-state index in [-0.39, 0.29) is 22.7 Å². The number of rotatable bonds is 4. The Balaban J connectivity index is 1.76. The molecule has 0 saturated carbocycles. The van der Waals surface area contributed by atoms with Gasteiger partial charge in [0.25, 0.3) is 5.69 Å². The van der Waals surface area contributed by atoms with E-state index in [1.54, 1.807) is 12.1 Å². The molecule has 2 aromatic carbocycles. The number of nitro benzene ring substituents is 1. The summed E-state index contributed by atoms with van der Waals surface area (Å²) in [7, 11) is 0. The van der Waals surface area contributed by atoms with Crippen LogP contribution in [0.3, 0.4) is 0 Å². The number of halogens is 1. The molecule has 6 heteroatoms. The normalized spacial score (nSPS) is 17.2. The van der Waals surface area contributed by atoms with E-state index in [9.17, 15) is 14.9 Å². The minimum atomic E-state index is -0.534. The summed E-state index contributed by atoms with van der Waals surface area (Å²) in [5, 5.41) is 11.0. The van der Waals surface area contributed by atoms with E-state index in [0.717, 1.165) is 18.4 Å². The molecule has 5 nitrogen and oxygen atoms in total. The second-order valence-corrected chi connectivity index (χ2v) is 6.31. The number of benzene rings is 2. The topological polar surface area (TPSA) is 63.4 Å². The van der Waals surface area contributed by atoms with Gasteiger partial charge in [-0.3, -0.25) is 14.9 Å². The van der Waals surface area contributed by atoms with Crippen LogP contribution in [0.15, 0.2) is 54.6 Å². The summed E-state index contributed by atoms with van der Waals surface area (Å²) in [6.45, 7) is 0.712. The van der Waals surface area contributed by atoms with Crippen molar-refractivity contribution in [3.63, 3.8) is 0 Å². The molecular formula is C19H17ClN2O3. The molecule has 3 rings (SSSR count). The average molecular weight is 357 g/mol. The van der Waals surface area contributed by atoms with Gasteiger partial charge in [0, 0.05) is 18.7 Å². The van der Waals surface area contributed by atoms with E-state index in [0.29, 0.717) is 12.1 Å². The van der Waals surface area contributed by atoms with Crippen LogP contribution in [-0.4, -0.2) is 22.3 Å². The number of hydrogen-bond acceptors (Lipinski definition) is 3. The van der Waals surface area contributed by atoms with Crippen LogP contribution < -0.4 is 0 Å². The van der Waals surface area contributed by atoms with Gasteiger partial charge in [0.05, 0.1) is 11.0 Å². The van der Waals surface area contributed by atoms with E-state index in [1.807, 2.05) is 35.2 Å². The fourth-order valence-electron chi connectivity index (χ4n) is 3.09. The molecular weight excluding hydrogens is 340 g/mol. The Morgan fingerprint density at radius 2 is 2.00 bits per heavy atom. The monoisotopic (exact) mass is 356 g/mol. The van der Waals surface area contributed by atoms with Crippen molar-refractivity contribution in [2.45, 2.75) is 18.9 Å². The van der Waals surface area contributed by atoms with Gasteiger partial charge in [0.1, 0.15) is 5.02 Å². The minimum absolute atomic E-state index is 0.0807. The van der Waals surface area contributed by atoms with E-state index >= 15 is 0 Å². The first-order chi connectivity index (χ1) is 12.1. The Labute approximate surface area is 150 Å². The molecule has 0 radical (unpaired) electrons. The molecule has 1 fully saturated rings. The van der Waals surface area contributed by atoms with Crippen LogP contribution in [0.1, 0.15) is 30.0 Å². The van der Waals surface area contributed by atoms with Crippen LogP contribution in [0, 0.1) is 10.1 Å². The number of hydrogen-bond donors (Lipinski definition) is 0. The molecule has 0 N–H and O–H groups in total. The van der Waals surface area contributed by atoms with Crippen molar-refractivity contribution in [1.29, 1.82) is 0 Å².